The van der Waals surface area contributed by atoms with Crippen LogP contribution in [0.3, 0.4) is 0 Å². The van der Waals surface area contributed by atoms with Gasteiger partial charge in [-0.05, 0) is 0 Å². The summed E-state index contributed by atoms with van der Waals surface area (Å²) in [6.45, 7) is 0.933. The summed E-state index contributed by atoms with van der Waals surface area (Å²) in [6, 6.07) is -0.657. The van der Waals surface area contributed by atoms with Crippen LogP contribution in [-0.4, -0.2) is 58.4 Å². The van der Waals surface area contributed by atoms with Crippen LogP contribution in [0.1, 0.15) is 6.92 Å². The fraction of sp³-hybridized carbons (Fsp3) is 0.900. The van der Waals surface area contributed by atoms with Crippen molar-refractivity contribution in [2.75, 3.05) is 7.05 Å². The van der Waals surface area contributed by atoms with E-state index in [1.807, 2.05) is 0 Å². The summed E-state index contributed by atoms with van der Waals surface area (Å²) in [7, 11) is 1.52. The van der Waals surface area contributed by atoms with Gasteiger partial charge < -0.3 is 20.3 Å². The monoisotopic (exact) mass is 300 g/mol. The number of nitrogens with one attached hydrogen (secondary N) is 1. The molecule has 0 amide bonds. The van der Waals surface area contributed by atoms with Gasteiger partial charge in [0.2, 0.25) is 0 Å². The lowest BCUT2D eigenvalue weighted by molar-refractivity contribution is -0.245. The zero-order valence-corrected chi connectivity index (χ0v) is 11.1. The molecule has 0 saturated carbocycles. The number of fused-ring (bicyclic) bond motifs is 1. The van der Waals surface area contributed by atoms with Gasteiger partial charge in [0.25, 0.3) is 0 Å². The number of halogens is 3. The molecule has 110 valence electrons. The molecule has 6 atom stereocenters. The van der Waals surface area contributed by atoms with Crippen LogP contribution in [-0.2, 0) is 4.74 Å². The predicted octanol–water partition coefficient (Wildman–Crippen LogP) is 0.322. The Morgan fingerprint density at radius 3 is 2.53 bits per heavy atom. The highest BCUT2D eigenvalue weighted by molar-refractivity contribution is 8.14. The van der Waals surface area contributed by atoms with Crippen molar-refractivity contribution in [3.8, 4) is 0 Å². The lowest BCUT2D eigenvalue weighted by Gasteiger charge is -2.41. The molecule has 0 bridgehead atoms. The minimum atomic E-state index is -4.49. The highest BCUT2D eigenvalue weighted by Crippen LogP contribution is 2.40. The third kappa shape index (κ3) is 2.69. The van der Waals surface area contributed by atoms with Gasteiger partial charge in [-0.1, -0.05) is 18.7 Å². The van der Waals surface area contributed by atoms with Gasteiger partial charge in [0, 0.05) is 7.05 Å². The van der Waals surface area contributed by atoms with E-state index in [2.05, 4.69) is 10.3 Å². The minimum Gasteiger partial charge on any atom is -0.388 e. The zero-order valence-electron chi connectivity index (χ0n) is 10.3. The standard InChI is InChI=1S/C10H15F3N2O3S/c1-3(10(11,12)13)7-6(17)5(16)4-8(18-7)19-9(14-2)15-4/h3-8,16-17H,1-2H3,(H,14,15)/t3?,4-,5-,6+,7-,8-/m1/s1. The molecule has 1 unspecified atom stereocenters. The number of thioether (sulfide) groups is 1. The summed E-state index contributed by atoms with van der Waals surface area (Å²) in [5.74, 6) is -1.86. The van der Waals surface area contributed by atoms with E-state index in [0.717, 1.165) is 18.7 Å². The lowest BCUT2D eigenvalue weighted by Crippen LogP contribution is -2.61. The molecule has 0 spiro atoms. The average molecular weight is 300 g/mol. The number of hydrogen-bond acceptors (Lipinski definition) is 5. The van der Waals surface area contributed by atoms with E-state index in [-0.39, 0.29) is 0 Å². The van der Waals surface area contributed by atoms with Crippen LogP contribution in [0.15, 0.2) is 4.99 Å². The first kappa shape index (κ1) is 14.9. The second-order valence-corrected chi connectivity index (χ2v) is 5.68. The molecule has 2 rings (SSSR count). The van der Waals surface area contributed by atoms with Crippen molar-refractivity contribution in [1.82, 2.24) is 5.32 Å². The quantitative estimate of drug-likeness (QED) is 0.650. The largest absolute Gasteiger partial charge is 0.394 e. The number of hydrogen-bond donors (Lipinski definition) is 3. The molecule has 2 aliphatic heterocycles. The average Bonchev–Trinajstić information content (AvgIpc) is 2.75. The van der Waals surface area contributed by atoms with E-state index in [9.17, 15) is 23.4 Å². The van der Waals surface area contributed by atoms with Crippen LogP contribution in [0.5, 0.6) is 0 Å². The fourth-order valence-electron chi connectivity index (χ4n) is 2.15. The van der Waals surface area contributed by atoms with E-state index in [0.29, 0.717) is 5.17 Å². The van der Waals surface area contributed by atoms with Crippen LogP contribution in [0.2, 0.25) is 0 Å². The summed E-state index contributed by atoms with van der Waals surface area (Å²) >= 11 is 1.11. The first-order valence-corrected chi connectivity index (χ1v) is 6.62. The number of rotatable bonds is 1. The maximum Gasteiger partial charge on any atom is 0.394 e. The Bertz CT molecular complexity index is 380. The first-order chi connectivity index (χ1) is 8.75. The summed E-state index contributed by atoms with van der Waals surface area (Å²) < 4.78 is 43.4. The van der Waals surface area contributed by atoms with E-state index >= 15 is 0 Å². The van der Waals surface area contributed by atoms with E-state index in [1.54, 1.807) is 0 Å². The number of nitrogens with zero attached hydrogens (tertiary/aromatic N) is 1. The molecular formula is C10H15F3N2O3S. The number of alkyl halides is 3. The summed E-state index contributed by atoms with van der Waals surface area (Å²) in [6.07, 6.45) is -8.90. The summed E-state index contributed by atoms with van der Waals surface area (Å²) in [5, 5.41) is 23.0. The highest BCUT2D eigenvalue weighted by atomic mass is 32.2. The Morgan fingerprint density at radius 1 is 1.37 bits per heavy atom. The maximum absolute atomic E-state index is 12.7. The topological polar surface area (TPSA) is 74.1 Å². The van der Waals surface area contributed by atoms with Crippen molar-refractivity contribution < 1.29 is 28.1 Å². The number of amidine groups is 1. The molecule has 19 heavy (non-hydrogen) atoms. The molecule has 0 radical (unpaired) electrons. The smallest absolute Gasteiger partial charge is 0.388 e. The second-order valence-electron chi connectivity index (χ2n) is 4.60. The molecule has 3 N–H and O–H groups in total. The number of aliphatic hydroxyl groups excluding tert-OH is 2. The third-order valence-electron chi connectivity index (χ3n) is 3.37. The molecule has 0 aromatic rings. The van der Waals surface area contributed by atoms with Crippen LogP contribution in [0, 0.1) is 5.92 Å². The van der Waals surface area contributed by atoms with E-state index in [4.69, 9.17) is 4.74 Å². The number of aliphatic hydroxyl groups is 2. The third-order valence-corrected chi connectivity index (χ3v) is 4.53. The van der Waals surface area contributed by atoms with Crippen molar-refractivity contribution in [1.29, 1.82) is 0 Å². The van der Waals surface area contributed by atoms with Crippen molar-refractivity contribution in [2.45, 2.75) is 42.9 Å². The highest BCUT2D eigenvalue weighted by Gasteiger charge is 2.54. The molecule has 5 nitrogen and oxygen atoms in total. The molecule has 0 aromatic carbocycles. The van der Waals surface area contributed by atoms with Crippen molar-refractivity contribution in [3.05, 3.63) is 0 Å². The van der Waals surface area contributed by atoms with Crippen molar-refractivity contribution >= 4 is 16.9 Å². The fourth-order valence-corrected chi connectivity index (χ4v) is 3.24. The van der Waals surface area contributed by atoms with Gasteiger partial charge in [-0.15, -0.1) is 0 Å². The van der Waals surface area contributed by atoms with Crippen LogP contribution >= 0.6 is 11.8 Å². The van der Waals surface area contributed by atoms with Gasteiger partial charge in [-0.2, -0.15) is 13.2 Å². The normalized spacial score (nSPS) is 42.9. The zero-order chi connectivity index (χ0) is 14.4. The molecule has 0 aliphatic carbocycles. The molecule has 2 heterocycles. The van der Waals surface area contributed by atoms with Crippen LogP contribution < -0.4 is 5.32 Å². The number of aliphatic imine (C=N–C) groups is 1. The number of ether oxygens (including phenoxy) is 1. The van der Waals surface area contributed by atoms with Crippen molar-refractivity contribution in [2.24, 2.45) is 10.9 Å². The van der Waals surface area contributed by atoms with Crippen molar-refractivity contribution in [3.63, 3.8) is 0 Å². The lowest BCUT2D eigenvalue weighted by atomic mass is 9.90. The Morgan fingerprint density at radius 2 is 2.00 bits per heavy atom. The predicted molar refractivity (Wildman–Crippen MR) is 63.8 cm³/mol. The van der Waals surface area contributed by atoms with E-state index < -0.39 is 41.9 Å². The van der Waals surface area contributed by atoms with Gasteiger partial charge >= 0.3 is 6.18 Å². The van der Waals surface area contributed by atoms with E-state index in [1.165, 1.54) is 7.05 Å². The molecule has 0 aromatic heterocycles. The molecular weight excluding hydrogens is 285 g/mol. The minimum absolute atomic E-state index is 0.474. The Balaban J connectivity index is 2.17. The molecule has 2 aliphatic rings. The molecule has 2 fully saturated rings. The Hall–Kier alpha value is -0.510. The maximum atomic E-state index is 12.7. The molecule has 2 saturated heterocycles. The summed E-state index contributed by atoms with van der Waals surface area (Å²) in [4.78, 5) is 3.86. The van der Waals surface area contributed by atoms with Crippen LogP contribution in [0.25, 0.3) is 0 Å². The second kappa shape index (κ2) is 5.12. The molecule has 9 heteroatoms. The summed E-state index contributed by atoms with van der Waals surface area (Å²) in [5.41, 5.74) is -0.688. The van der Waals surface area contributed by atoms with Gasteiger partial charge in [-0.3, -0.25) is 4.99 Å². The Labute approximate surface area is 112 Å². The van der Waals surface area contributed by atoms with Gasteiger partial charge in [-0.25, -0.2) is 0 Å². The van der Waals surface area contributed by atoms with Crippen LogP contribution in [0.4, 0.5) is 13.2 Å². The van der Waals surface area contributed by atoms with Gasteiger partial charge in [0.1, 0.15) is 17.6 Å². The first-order valence-electron chi connectivity index (χ1n) is 5.74. The van der Waals surface area contributed by atoms with Gasteiger partial charge in [0.05, 0.1) is 18.1 Å². The Kier molecular flexibility index (Phi) is 4.01. The van der Waals surface area contributed by atoms with Gasteiger partial charge in [0.15, 0.2) is 5.17 Å². The SMILES string of the molecule is CN=C1N[C@@H]2[C@@H](O)[C@H](O)[C@@H](C(C)C(F)(F)F)O[C@@H]2S1.